The van der Waals surface area contributed by atoms with Crippen LogP contribution < -0.4 is 10.6 Å². The van der Waals surface area contributed by atoms with Crippen LogP contribution in [0.25, 0.3) is 0 Å². The van der Waals surface area contributed by atoms with E-state index in [1.807, 2.05) is 41.5 Å². The van der Waals surface area contributed by atoms with Gasteiger partial charge in [0.1, 0.15) is 0 Å². The van der Waals surface area contributed by atoms with E-state index in [9.17, 15) is 30.0 Å². The molecule has 5 aliphatic rings. The topological polar surface area (TPSA) is 139 Å². The van der Waals surface area contributed by atoms with Gasteiger partial charge < -0.3 is 31.1 Å². The van der Waals surface area contributed by atoms with Crippen LogP contribution in [0.2, 0.25) is 0 Å². The van der Waals surface area contributed by atoms with Gasteiger partial charge in [-0.3, -0.25) is 9.59 Å². The molecule has 0 aromatic carbocycles. The number of hydrogen-bond acceptors (Lipinski definition) is 6. The molecule has 270 valence electrons. The highest BCUT2D eigenvalue weighted by molar-refractivity contribution is 5.88. The van der Waals surface area contributed by atoms with Gasteiger partial charge in [0.2, 0.25) is 11.8 Å². The largest absolute Gasteiger partial charge is 0.392 e. The summed E-state index contributed by atoms with van der Waals surface area (Å²) in [6.45, 7) is 21.4. The second kappa shape index (κ2) is 12.3. The molecular formula is C40H64N2O6. The molecule has 0 heterocycles. The molecule has 48 heavy (non-hydrogen) atoms. The van der Waals surface area contributed by atoms with Crippen LogP contribution in [0.4, 0.5) is 0 Å². The molecule has 0 spiro atoms. The molecule has 3 unspecified atom stereocenters. The third-order valence-corrected chi connectivity index (χ3v) is 15.0. The number of fused-ring (bicyclic) bond motifs is 7. The number of nitrogens with one attached hydrogen (secondary N) is 2. The van der Waals surface area contributed by atoms with Gasteiger partial charge in [-0.15, -0.1) is 0 Å². The number of hydrogen-bond donors (Lipinski definition) is 6. The lowest BCUT2D eigenvalue weighted by molar-refractivity contribution is -0.247. The quantitative estimate of drug-likeness (QED) is 0.170. The molecule has 0 saturated heterocycles. The maximum absolute atomic E-state index is 12.9. The summed E-state index contributed by atoms with van der Waals surface area (Å²) in [6, 6.07) is 0. The zero-order valence-corrected chi connectivity index (χ0v) is 31.2. The smallest absolute Gasteiger partial charge is 0.243 e. The molecule has 8 heteroatoms. The van der Waals surface area contributed by atoms with E-state index in [0.29, 0.717) is 31.7 Å². The van der Waals surface area contributed by atoms with E-state index in [4.69, 9.17) is 0 Å². The number of rotatable bonds is 6. The van der Waals surface area contributed by atoms with Crippen molar-refractivity contribution in [1.29, 1.82) is 0 Å². The molecule has 2 amide bonds. The first-order valence-corrected chi connectivity index (χ1v) is 18.4. The lowest BCUT2D eigenvalue weighted by atomic mass is 9.33. The summed E-state index contributed by atoms with van der Waals surface area (Å²) < 4.78 is 0. The number of aliphatic hydroxyl groups excluding tert-OH is 4. The predicted octanol–water partition coefficient (Wildman–Crippen LogP) is 5.21. The second-order valence-electron chi connectivity index (χ2n) is 18.7. The van der Waals surface area contributed by atoms with Crippen molar-refractivity contribution in [3.63, 3.8) is 0 Å². The zero-order chi connectivity index (χ0) is 35.8. The molecule has 0 aliphatic heterocycles. The molecule has 0 aromatic rings. The van der Waals surface area contributed by atoms with Gasteiger partial charge in [0.15, 0.2) is 0 Å². The normalized spacial score (nSPS) is 46.0. The molecule has 8 nitrogen and oxygen atoms in total. The lowest BCUT2D eigenvalue weighted by Gasteiger charge is -2.72. The van der Waals surface area contributed by atoms with E-state index in [1.165, 1.54) is 11.6 Å². The van der Waals surface area contributed by atoms with E-state index in [1.54, 1.807) is 6.08 Å². The van der Waals surface area contributed by atoms with Gasteiger partial charge in [0.05, 0.1) is 24.4 Å². The number of carbonyl (C=O) groups is 2. The first-order valence-electron chi connectivity index (χ1n) is 18.4. The van der Waals surface area contributed by atoms with Gasteiger partial charge in [-0.25, -0.2) is 0 Å². The van der Waals surface area contributed by atoms with Crippen molar-refractivity contribution in [2.45, 2.75) is 139 Å². The van der Waals surface area contributed by atoms with Crippen molar-refractivity contribution in [3.8, 4) is 0 Å². The fourth-order valence-corrected chi connectivity index (χ4v) is 12.1. The van der Waals surface area contributed by atoms with E-state index in [2.05, 4.69) is 44.4 Å². The Labute approximate surface area is 288 Å². The molecule has 0 radical (unpaired) electrons. The fraction of sp³-hybridized carbons (Fsp3) is 0.800. The summed E-state index contributed by atoms with van der Waals surface area (Å²) in [6.07, 6.45) is 7.17. The molecule has 5 rings (SSSR count). The minimum atomic E-state index is -1.21. The minimum absolute atomic E-state index is 0.0812. The summed E-state index contributed by atoms with van der Waals surface area (Å²) in [5, 5.41) is 53.4. The van der Waals surface area contributed by atoms with Crippen LogP contribution in [0.5, 0.6) is 0 Å². The first-order chi connectivity index (χ1) is 22.1. The van der Waals surface area contributed by atoms with Crippen LogP contribution in [-0.4, -0.2) is 69.7 Å². The van der Waals surface area contributed by atoms with Crippen LogP contribution in [-0.2, 0) is 9.59 Å². The molecule has 6 N–H and O–H groups in total. The third-order valence-electron chi connectivity index (χ3n) is 15.0. The highest BCUT2D eigenvalue weighted by atomic mass is 16.3. The van der Waals surface area contributed by atoms with Gasteiger partial charge in [0.25, 0.3) is 0 Å². The van der Waals surface area contributed by atoms with Gasteiger partial charge >= 0.3 is 0 Å². The van der Waals surface area contributed by atoms with Crippen molar-refractivity contribution in [2.24, 2.45) is 50.2 Å². The summed E-state index contributed by atoms with van der Waals surface area (Å²) >= 11 is 0. The monoisotopic (exact) mass is 668 g/mol. The molecule has 4 fully saturated rings. The summed E-state index contributed by atoms with van der Waals surface area (Å²) in [4.78, 5) is 25.6. The molecular weight excluding hydrogens is 604 g/mol. The van der Waals surface area contributed by atoms with Crippen LogP contribution in [0, 0.1) is 50.2 Å². The Morgan fingerprint density at radius 2 is 1.35 bits per heavy atom. The first kappa shape index (κ1) is 37.3. The van der Waals surface area contributed by atoms with Gasteiger partial charge in [0, 0.05) is 36.1 Å². The van der Waals surface area contributed by atoms with Crippen molar-refractivity contribution in [1.82, 2.24) is 10.6 Å². The fourth-order valence-electron chi connectivity index (χ4n) is 12.1. The minimum Gasteiger partial charge on any atom is -0.392 e. The Kier molecular flexibility index (Phi) is 9.58. The molecule has 0 aromatic heterocycles. The Balaban J connectivity index is 1.55. The molecule has 4 saturated carbocycles. The van der Waals surface area contributed by atoms with Gasteiger partial charge in [-0.2, -0.15) is 0 Å². The van der Waals surface area contributed by atoms with E-state index in [-0.39, 0.29) is 46.4 Å². The maximum Gasteiger partial charge on any atom is 0.243 e. The number of aliphatic hydroxyl groups is 4. The molecule has 12 atom stereocenters. The summed E-state index contributed by atoms with van der Waals surface area (Å²) in [5.41, 5.74) is 0.261. The van der Waals surface area contributed by atoms with Crippen LogP contribution in [0.15, 0.2) is 34.9 Å². The predicted molar refractivity (Wildman–Crippen MR) is 188 cm³/mol. The maximum atomic E-state index is 12.9. The third kappa shape index (κ3) is 5.47. The number of amides is 2. The average molecular weight is 669 g/mol. The molecule has 0 bridgehead atoms. The Bertz CT molecular complexity index is 1390. The van der Waals surface area contributed by atoms with E-state index in [0.717, 1.165) is 36.8 Å². The van der Waals surface area contributed by atoms with Crippen LogP contribution >= 0.6 is 0 Å². The highest BCUT2D eigenvalue weighted by Crippen LogP contribution is 2.75. The SMILES string of the molecule is CC(C)=CC(=O)NC[C@@]12C(CC(C)(C)[C@@H](O)[C@@H]1O)C1=CCC3[C@@]4(C)CC[C@H](O)[C@](C)(CNC(=O)C=C(C)C)C4CC[C@@]3(C)[C@]1(C)C[C@H]2O. The Hall–Kier alpha value is -2.00. The van der Waals surface area contributed by atoms with Crippen molar-refractivity contribution in [2.75, 3.05) is 13.1 Å². The lowest BCUT2D eigenvalue weighted by Crippen LogP contribution is -2.72. The number of carbonyl (C=O) groups excluding carboxylic acids is 2. The van der Waals surface area contributed by atoms with E-state index >= 15 is 0 Å². The van der Waals surface area contributed by atoms with Gasteiger partial charge in [-0.05, 0) is 112 Å². The second-order valence-corrected chi connectivity index (χ2v) is 18.7. The standard InChI is InChI=1S/C40H64N2O6/c1-23(2)17-31(45)41-21-37(8)27-13-16-38(9)28(36(27,7)15-14-29(37)43)12-11-25-26-19-35(5,6)33(47)34(48)40(26,30(44)20-39(25,38)10)22-42-32(46)18-24(3)4/h11,17-18,26-30,33-34,43-44,47-48H,12-16,19-22H2,1-10H3,(H,41,45)(H,42,46)/t26?,27?,28?,29-,30+,33-,34-,36-,37+,38+,39+,40-/m0/s1. The van der Waals surface area contributed by atoms with Crippen LogP contribution in [0.3, 0.4) is 0 Å². The summed E-state index contributed by atoms with van der Waals surface area (Å²) in [7, 11) is 0. The Morgan fingerprint density at radius 3 is 1.94 bits per heavy atom. The van der Waals surface area contributed by atoms with Crippen molar-refractivity contribution >= 4 is 11.8 Å². The van der Waals surface area contributed by atoms with Crippen molar-refractivity contribution < 1.29 is 30.0 Å². The van der Waals surface area contributed by atoms with E-state index < -0.39 is 40.7 Å². The zero-order valence-electron chi connectivity index (χ0n) is 31.2. The van der Waals surface area contributed by atoms with Crippen molar-refractivity contribution in [3.05, 3.63) is 34.9 Å². The van der Waals surface area contributed by atoms with Gasteiger partial charge in [-0.1, -0.05) is 64.3 Å². The highest BCUT2D eigenvalue weighted by Gasteiger charge is 2.72. The van der Waals surface area contributed by atoms with Crippen LogP contribution in [0.1, 0.15) is 114 Å². The number of allylic oxidation sites excluding steroid dienone is 4. The average Bonchev–Trinajstić information content (AvgIpc) is 2.96. The Morgan fingerprint density at radius 1 is 0.771 bits per heavy atom. The molecule has 5 aliphatic carbocycles. The summed E-state index contributed by atoms with van der Waals surface area (Å²) in [5.74, 6) is -0.0965.